The van der Waals surface area contributed by atoms with Gasteiger partial charge in [0.15, 0.2) is 4.90 Å². The third-order valence-electron chi connectivity index (χ3n) is 5.05. The van der Waals surface area contributed by atoms with Gasteiger partial charge in [0, 0.05) is 47.7 Å². The molecule has 4 rings (SSSR count). The molecule has 1 heterocycles. The van der Waals surface area contributed by atoms with Crippen LogP contribution in [0.2, 0.25) is 0 Å². The number of fused-ring (bicyclic) bond motifs is 2. The highest BCUT2D eigenvalue weighted by atomic mass is 32.2. The smallest absolute Gasteiger partial charge is 0.181 e. The van der Waals surface area contributed by atoms with E-state index in [-0.39, 0.29) is 6.04 Å². The SMILES string of the molecule is CC(Cc1c[nH]c2ccccc12)N[S+]([O-])c1cccc2c(N(C)C)cccc12. The lowest BCUT2D eigenvalue weighted by Gasteiger charge is -2.19. The summed E-state index contributed by atoms with van der Waals surface area (Å²) in [5.41, 5.74) is 3.50. The summed E-state index contributed by atoms with van der Waals surface area (Å²) in [6.45, 7) is 2.08. The third-order valence-corrected chi connectivity index (χ3v) is 6.42. The second-order valence-corrected chi connectivity index (χ2v) is 8.59. The van der Waals surface area contributed by atoms with E-state index in [0.717, 1.165) is 33.3 Å². The Bertz CT molecular complexity index is 1110. The van der Waals surface area contributed by atoms with Crippen LogP contribution in [-0.2, 0) is 17.8 Å². The van der Waals surface area contributed by atoms with Crippen LogP contribution in [-0.4, -0.2) is 29.7 Å². The van der Waals surface area contributed by atoms with Gasteiger partial charge in [-0.05, 0) is 43.2 Å². The first-order valence-corrected chi connectivity index (χ1v) is 10.6. The molecule has 4 aromatic rings. The van der Waals surface area contributed by atoms with Crippen LogP contribution in [0.15, 0.2) is 71.8 Å². The van der Waals surface area contributed by atoms with Gasteiger partial charge in [-0.25, -0.2) is 0 Å². The first-order valence-electron chi connectivity index (χ1n) is 9.46. The minimum atomic E-state index is -1.28. The molecule has 5 heteroatoms. The molecule has 2 unspecified atom stereocenters. The molecule has 0 amide bonds. The third kappa shape index (κ3) is 3.61. The van der Waals surface area contributed by atoms with Gasteiger partial charge in [0.05, 0.1) is 17.4 Å². The van der Waals surface area contributed by atoms with Crippen molar-refractivity contribution in [1.82, 2.24) is 9.71 Å². The Morgan fingerprint density at radius 3 is 2.50 bits per heavy atom. The Morgan fingerprint density at radius 2 is 1.68 bits per heavy atom. The minimum absolute atomic E-state index is 0.0762. The molecular formula is C23H25N3OS. The molecule has 0 saturated heterocycles. The van der Waals surface area contributed by atoms with Gasteiger partial charge in [-0.3, -0.25) is 0 Å². The predicted molar refractivity (Wildman–Crippen MR) is 119 cm³/mol. The van der Waals surface area contributed by atoms with Crippen molar-refractivity contribution in [3.63, 3.8) is 0 Å². The molecule has 0 aliphatic rings. The summed E-state index contributed by atoms with van der Waals surface area (Å²) in [5, 5.41) is 3.37. The van der Waals surface area contributed by atoms with E-state index in [4.69, 9.17) is 0 Å². The van der Waals surface area contributed by atoms with Gasteiger partial charge in [-0.2, -0.15) is 0 Å². The first kappa shape index (κ1) is 18.9. The van der Waals surface area contributed by atoms with Crippen molar-refractivity contribution in [2.24, 2.45) is 0 Å². The van der Waals surface area contributed by atoms with Crippen LogP contribution in [0.25, 0.3) is 21.7 Å². The number of nitrogens with one attached hydrogen (secondary N) is 2. The summed E-state index contributed by atoms with van der Waals surface area (Å²) >= 11 is -1.28. The summed E-state index contributed by atoms with van der Waals surface area (Å²) in [6.07, 6.45) is 2.86. The number of anilines is 1. The molecule has 0 bridgehead atoms. The fourth-order valence-corrected chi connectivity index (χ4v) is 4.89. The van der Waals surface area contributed by atoms with E-state index in [1.54, 1.807) is 0 Å². The summed E-state index contributed by atoms with van der Waals surface area (Å²) < 4.78 is 16.4. The zero-order chi connectivity index (χ0) is 19.7. The molecule has 1 aromatic heterocycles. The number of hydrogen-bond acceptors (Lipinski definition) is 3. The van der Waals surface area contributed by atoms with Crippen LogP contribution in [0.3, 0.4) is 0 Å². The summed E-state index contributed by atoms with van der Waals surface area (Å²) in [5.74, 6) is 0. The Labute approximate surface area is 168 Å². The van der Waals surface area contributed by atoms with Gasteiger partial charge >= 0.3 is 0 Å². The minimum Gasteiger partial charge on any atom is -0.593 e. The maximum Gasteiger partial charge on any atom is 0.181 e. The van der Waals surface area contributed by atoms with Crippen molar-refractivity contribution in [1.29, 1.82) is 0 Å². The number of H-pyrrole nitrogens is 1. The molecular weight excluding hydrogens is 366 g/mol. The van der Waals surface area contributed by atoms with E-state index in [0.29, 0.717) is 0 Å². The molecule has 3 aromatic carbocycles. The van der Waals surface area contributed by atoms with Crippen LogP contribution < -0.4 is 9.62 Å². The Hall–Kier alpha value is -2.47. The second kappa shape index (κ2) is 7.87. The Balaban J connectivity index is 1.56. The molecule has 0 saturated carbocycles. The molecule has 0 spiro atoms. The Kier molecular flexibility index (Phi) is 5.31. The van der Waals surface area contributed by atoms with E-state index in [1.807, 2.05) is 56.7 Å². The summed E-state index contributed by atoms with van der Waals surface area (Å²) in [4.78, 5) is 6.22. The van der Waals surface area contributed by atoms with Crippen LogP contribution >= 0.6 is 0 Å². The van der Waals surface area contributed by atoms with E-state index < -0.39 is 11.4 Å². The lowest BCUT2D eigenvalue weighted by Crippen LogP contribution is -2.34. The molecule has 2 atom stereocenters. The van der Waals surface area contributed by atoms with Crippen LogP contribution in [0.5, 0.6) is 0 Å². The highest BCUT2D eigenvalue weighted by Gasteiger charge is 2.20. The van der Waals surface area contributed by atoms with Gasteiger partial charge in [0.25, 0.3) is 0 Å². The maximum absolute atomic E-state index is 13.1. The number of nitrogens with zero attached hydrogens (tertiary/aromatic N) is 1. The topological polar surface area (TPSA) is 54.1 Å². The summed E-state index contributed by atoms with van der Waals surface area (Å²) in [6, 6.07) is 20.5. The molecule has 144 valence electrons. The zero-order valence-electron chi connectivity index (χ0n) is 16.4. The van der Waals surface area contributed by atoms with Crippen LogP contribution in [0.4, 0.5) is 5.69 Å². The maximum atomic E-state index is 13.1. The number of rotatable bonds is 6. The highest BCUT2D eigenvalue weighted by Crippen LogP contribution is 2.30. The predicted octanol–water partition coefficient (Wildman–Crippen LogP) is 4.63. The lowest BCUT2D eigenvalue weighted by molar-refractivity contribution is 0.560. The zero-order valence-corrected chi connectivity index (χ0v) is 17.2. The van der Waals surface area contributed by atoms with Crippen molar-refractivity contribution in [2.75, 3.05) is 19.0 Å². The number of aromatic nitrogens is 1. The van der Waals surface area contributed by atoms with E-state index in [2.05, 4.69) is 45.8 Å². The standard InChI is InChI=1S/C23H25N3OS/c1-16(14-17-15-24-21-11-5-4-8-18(17)21)25-28(27)23-13-7-9-19-20(23)10-6-12-22(19)26(2)3/h4-13,15-16,24-25H,14H2,1-3H3. The van der Waals surface area contributed by atoms with Crippen LogP contribution in [0.1, 0.15) is 12.5 Å². The number of hydrogen-bond donors (Lipinski definition) is 2. The van der Waals surface area contributed by atoms with Gasteiger partial charge in [0.1, 0.15) is 0 Å². The monoisotopic (exact) mass is 391 g/mol. The van der Waals surface area contributed by atoms with E-state index >= 15 is 0 Å². The fraction of sp³-hybridized carbons (Fsp3) is 0.217. The van der Waals surface area contributed by atoms with Crippen molar-refractivity contribution < 1.29 is 4.55 Å². The van der Waals surface area contributed by atoms with E-state index in [9.17, 15) is 4.55 Å². The average molecular weight is 392 g/mol. The average Bonchev–Trinajstić information content (AvgIpc) is 3.09. The highest BCUT2D eigenvalue weighted by molar-refractivity contribution is 7.89. The first-order chi connectivity index (χ1) is 13.5. The normalized spacial score (nSPS) is 13.7. The van der Waals surface area contributed by atoms with Crippen molar-refractivity contribution in [3.05, 3.63) is 72.4 Å². The molecule has 0 aliphatic carbocycles. The van der Waals surface area contributed by atoms with Gasteiger partial charge in [-0.1, -0.05) is 36.4 Å². The Morgan fingerprint density at radius 1 is 0.964 bits per heavy atom. The van der Waals surface area contributed by atoms with Crippen molar-refractivity contribution >= 4 is 38.7 Å². The second-order valence-electron chi connectivity index (χ2n) is 7.37. The molecule has 4 nitrogen and oxygen atoms in total. The molecule has 2 N–H and O–H groups in total. The van der Waals surface area contributed by atoms with Gasteiger partial charge < -0.3 is 14.4 Å². The fourth-order valence-electron chi connectivity index (χ4n) is 3.73. The van der Waals surface area contributed by atoms with Crippen molar-refractivity contribution in [2.45, 2.75) is 24.3 Å². The van der Waals surface area contributed by atoms with Crippen LogP contribution in [0, 0.1) is 0 Å². The number of benzene rings is 3. The van der Waals surface area contributed by atoms with Gasteiger partial charge in [-0.15, -0.1) is 4.72 Å². The number of aromatic amines is 1. The molecule has 0 radical (unpaired) electrons. The molecule has 28 heavy (non-hydrogen) atoms. The lowest BCUT2D eigenvalue weighted by atomic mass is 10.1. The van der Waals surface area contributed by atoms with E-state index in [1.165, 1.54) is 10.9 Å². The quantitative estimate of drug-likeness (QED) is 0.471. The molecule has 0 aliphatic heterocycles. The summed E-state index contributed by atoms with van der Waals surface area (Å²) in [7, 11) is 4.06. The molecule has 0 fully saturated rings. The largest absolute Gasteiger partial charge is 0.593 e. The van der Waals surface area contributed by atoms with Crippen molar-refractivity contribution in [3.8, 4) is 0 Å². The number of para-hydroxylation sites is 1. The van der Waals surface area contributed by atoms with Gasteiger partial charge in [0.2, 0.25) is 0 Å².